The van der Waals surface area contributed by atoms with Crippen molar-refractivity contribution in [3.63, 3.8) is 0 Å². The molecule has 0 bridgehead atoms. The fraction of sp³-hybridized carbons (Fsp3) is 0.167. The highest BCUT2D eigenvalue weighted by Gasteiger charge is 2.15. The molecule has 0 atom stereocenters. The fourth-order valence-corrected chi connectivity index (χ4v) is 3.22. The smallest absolute Gasteiger partial charge is 0.304 e. The van der Waals surface area contributed by atoms with Crippen LogP contribution in [0.4, 0.5) is 0 Å². The average molecular weight is 355 g/mol. The Morgan fingerprint density at radius 1 is 1.04 bits per heavy atom. The van der Waals surface area contributed by atoms with Crippen molar-refractivity contribution in [1.82, 2.24) is 14.8 Å². The van der Waals surface area contributed by atoms with E-state index in [1.807, 2.05) is 34.9 Å². The third-order valence-corrected chi connectivity index (χ3v) is 4.54. The fourth-order valence-electron chi connectivity index (χ4n) is 2.36. The van der Waals surface area contributed by atoms with E-state index in [0.717, 1.165) is 11.1 Å². The third-order valence-electron chi connectivity index (χ3n) is 3.57. The lowest BCUT2D eigenvalue weighted by Crippen LogP contribution is -2.05. The van der Waals surface area contributed by atoms with Crippen LogP contribution in [-0.4, -0.2) is 36.7 Å². The SMILES string of the molecule is O=C(O)CCSc1nnc(-c2ccc(O)cc2)n1Cc1ccccc1. The number of benzene rings is 2. The first-order valence-corrected chi connectivity index (χ1v) is 8.73. The van der Waals surface area contributed by atoms with E-state index < -0.39 is 5.97 Å². The highest BCUT2D eigenvalue weighted by atomic mass is 32.2. The van der Waals surface area contributed by atoms with Gasteiger partial charge in [0, 0.05) is 11.3 Å². The van der Waals surface area contributed by atoms with Crippen molar-refractivity contribution in [3.05, 3.63) is 60.2 Å². The van der Waals surface area contributed by atoms with Gasteiger partial charge in [-0.3, -0.25) is 9.36 Å². The molecule has 0 saturated heterocycles. The maximum absolute atomic E-state index is 10.7. The van der Waals surface area contributed by atoms with Gasteiger partial charge in [0.1, 0.15) is 5.75 Å². The Kier molecular flexibility index (Phi) is 5.35. The lowest BCUT2D eigenvalue weighted by molar-refractivity contribution is -0.136. The van der Waals surface area contributed by atoms with Crippen LogP contribution in [0, 0.1) is 0 Å². The van der Waals surface area contributed by atoms with Crippen molar-refractivity contribution in [3.8, 4) is 17.1 Å². The molecule has 128 valence electrons. The van der Waals surface area contributed by atoms with Crippen LogP contribution in [0.3, 0.4) is 0 Å². The Labute approximate surface area is 149 Å². The molecular formula is C18H17N3O3S. The van der Waals surface area contributed by atoms with Gasteiger partial charge in [-0.25, -0.2) is 0 Å². The van der Waals surface area contributed by atoms with Gasteiger partial charge in [-0.1, -0.05) is 42.1 Å². The zero-order chi connectivity index (χ0) is 17.6. The molecule has 1 heterocycles. The number of phenols is 1. The van der Waals surface area contributed by atoms with Crippen LogP contribution in [0.5, 0.6) is 5.75 Å². The molecule has 3 aromatic rings. The average Bonchev–Trinajstić information content (AvgIpc) is 2.99. The molecular weight excluding hydrogens is 338 g/mol. The monoisotopic (exact) mass is 355 g/mol. The van der Waals surface area contributed by atoms with Crippen LogP contribution >= 0.6 is 11.8 Å². The summed E-state index contributed by atoms with van der Waals surface area (Å²) < 4.78 is 1.97. The van der Waals surface area contributed by atoms with E-state index in [9.17, 15) is 9.90 Å². The van der Waals surface area contributed by atoms with E-state index in [4.69, 9.17) is 5.11 Å². The molecule has 2 aromatic carbocycles. The van der Waals surface area contributed by atoms with Gasteiger partial charge in [0.05, 0.1) is 13.0 Å². The summed E-state index contributed by atoms with van der Waals surface area (Å²) in [6, 6.07) is 16.7. The summed E-state index contributed by atoms with van der Waals surface area (Å²) in [7, 11) is 0. The number of carboxylic acid groups (broad SMARTS) is 1. The van der Waals surface area contributed by atoms with Crippen molar-refractivity contribution in [2.45, 2.75) is 18.1 Å². The summed E-state index contributed by atoms with van der Waals surface area (Å²) in [6.07, 6.45) is 0.0669. The predicted octanol–water partition coefficient (Wildman–Crippen LogP) is 3.27. The summed E-state index contributed by atoms with van der Waals surface area (Å²) in [5.74, 6) is 0.466. The number of aliphatic carboxylic acids is 1. The minimum Gasteiger partial charge on any atom is -0.508 e. The highest BCUT2D eigenvalue weighted by Crippen LogP contribution is 2.26. The molecule has 2 N–H and O–H groups in total. The lowest BCUT2D eigenvalue weighted by Gasteiger charge is -2.10. The maximum atomic E-state index is 10.7. The number of rotatable bonds is 7. The molecule has 0 saturated carbocycles. The van der Waals surface area contributed by atoms with Gasteiger partial charge in [0.2, 0.25) is 0 Å². The number of aromatic nitrogens is 3. The molecule has 0 aliphatic carbocycles. The molecule has 0 spiro atoms. The van der Waals surface area contributed by atoms with Gasteiger partial charge in [0.15, 0.2) is 11.0 Å². The third kappa shape index (κ3) is 4.39. The molecule has 25 heavy (non-hydrogen) atoms. The van der Waals surface area contributed by atoms with Crippen molar-refractivity contribution in [2.75, 3.05) is 5.75 Å². The molecule has 0 unspecified atom stereocenters. The first-order chi connectivity index (χ1) is 12.1. The van der Waals surface area contributed by atoms with Crippen LogP contribution in [0.15, 0.2) is 59.8 Å². The summed E-state index contributed by atoms with van der Waals surface area (Å²) >= 11 is 1.37. The summed E-state index contributed by atoms with van der Waals surface area (Å²) in [5, 5.41) is 27.5. The number of nitrogens with zero attached hydrogens (tertiary/aromatic N) is 3. The largest absolute Gasteiger partial charge is 0.508 e. The number of carbonyl (C=O) groups is 1. The van der Waals surface area contributed by atoms with E-state index in [1.165, 1.54) is 11.8 Å². The molecule has 0 aliphatic heterocycles. The number of aromatic hydroxyl groups is 1. The van der Waals surface area contributed by atoms with Gasteiger partial charge in [-0.2, -0.15) is 0 Å². The van der Waals surface area contributed by atoms with E-state index >= 15 is 0 Å². The van der Waals surface area contributed by atoms with Crippen LogP contribution < -0.4 is 0 Å². The topological polar surface area (TPSA) is 88.2 Å². The minimum atomic E-state index is -0.833. The number of hydrogen-bond acceptors (Lipinski definition) is 5. The van der Waals surface area contributed by atoms with Gasteiger partial charge < -0.3 is 10.2 Å². The standard InChI is InChI=1S/C18H17N3O3S/c22-15-8-6-14(7-9-15)17-19-20-18(25-11-10-16(23)24)21(17)12-13-4-2-1-3-5-13/h1-9,22H,10-12H2,(H,23,24). The highest BCUT2D eigenvalue weighted by molar-refractivity contribution is 7.99. The number of carboxylic acids is 1. The van der Waals surface area contributed by atoms with Crippen LogP contribution in [0.2, 0.25) is 0 Å². The van der Waals surface area contributed by atoms with Crippen LogP contribution in [0.25, 0.3) is 11.4 Å². The number of phenolic OH excluding ortho intramolecular Hbond substituents is 1. The second kappa shape index (κ2) is 7.85. The normalized spacial score (nSPS) is 10.7. The van der Waals surface area contributed by atoms with Crippen molar-refractivity contribution < 1.29 is 15.0 Å². The zero-order valence-corrected chi connectivity index (χ0v) is 14.2. The van der Waals surface area contributed by atoms with Gasteiger partial charge in [0.25, 0.3) is 0 Å². The number of hydrogen-bond donors (Lipinski definition) is 2. The first kappa shape index (κ1) is 17.0. The minimum absolute atomic E-state index is 0.0669. The van der Waals surface area contributed by atoms with Crippen molar-refractivity contribution in [2.24, 2.45) is 0 Å². The second-order valence-electron chi connectivity index (χ2n) is 5.42. The molecule has 3 rings (SSSR count). The maximum Gasteiger partial charge on any atom is 0.304 e. The zero-order valence-electron chi connectivity index (χ0n) is 13.4. The Morgan fingerprint density at radius 3 is 2.44 bits per heavy atom. The van der Waals surface area contributed by atoms with E-state index in [1.54, 1.807) is 24.3 Å². The predicted molar refractivity (Wildman–Crippen MR) is 95.6 cm³/mol. The van der Waals surface area contributed by atoms with Crippen LogP contribution in [-0.2, 0) is 11.3 Å². The molecule has 0 fully saturated rings. The molecule has 6 nitrogen and oxygen atoms in total. The first-order valence-electron chi connectivity index (χ1n) is 7.74. The molecule has 0 amide bonds. The van der Waals surface area contributed by atoms with E-state index in [2.05, 4.69) is 10.2 Å². The molecule has 0 radical (unpaired) electrons. The van der Waals surface area contributed by atoms with Gasteiger partial charge in [-0.15, -0.1) is 10.2 Å². The Balaban J connectivity index is 1.92. The second-order valence-corrected chi connectivity index (χ2v) is 6.48. The Hall–Kier alpha value is -2.80. The van der Waals surface area contributed by atoms with Crippen molar-refractivity contribution >= 4 is 17.7 Å². The van der Waals surface area contributed by atoms with Crippen molar-refractivity contribution in [1.29, 1.82) is 0 Å². The quantitative estimate of drug-likeness (QED) is 0.633. The van der Waals surface area contributed by atoms with Gasteiger partial charge >= 0.3 is 5.97 Å². The molecule has 1 aromatic heterocycles. The molecule has 7 heteroatoms. The Morgan fingerprint density at radius 2 is 1.76 bits per heavy atom. The summed E-state index contributed by atoms with van der Waals surface area (Å²) in [4.78, 5) is 10.7. The summed E-state index contributed by atoms with van der Waals surface area (Å²) in [5.41, 5.74) is 1.94. The van der Waals surface area contributed by atoms with Crippen LogP contribution in [0.1, 0.15) is 12.0 Å². The summed E-state index contributed by atoms with van der Waals surface area (Å²) in [6.45, 7) is 0.583. The number of thioether (sulfide) groups is 1. The lowest BCUT2D eigenvalue weighted by atomic mass is 10.2. The molecule has 0 aliphatic rings. The van der Waals surface area contributed by atoms with E-state index in [-0.39, 0.29) is 12.2 Å². The van der Waals surface area contributed by atoms with Gasteiger partial charge in [-0.05, 0) is 29.8 Å². The Bertz CT molecular complexity index is 848. The van der Waals surface area contributed by atoms with E-state index in [0.29, 0.717) is 23.3 Å².